The van der Waals surface area contributed by atoms with Crippen molar-refractivity contribution in [2.24, 2.45) is 0 Å². The molecule has 1 N–H and O–H groups in total. The number of aromatic nitrogens is 2. The van der Waals surface area contributed by atoms with E-state index in [1.54, 1.807) is 7.11 Å². The van der Waals surface area contributed by atoms with Gasteiger partial charge in [-0.05, 0) is 38.3 Å². The largest absolute Gasteiger partial charge is 0.493 e. The van der Waals surface area contributed by atoms with E-state index in [-0.39, 0.29) is 0 Å². The van der Waals surface area contributed by atoms with Gasteiger partial charge in [0.15, 0.2) is 11.5 Å². The number of H-pyrrole nitrogens is 1. The number of ether oxygens (including phenoxy) is 2. The number of para-hydroxylation sites is 1. The summed E-state index contributed by atoms with van der Waals surface area (Å²) < 4.78 is 11.4. The molecular formula is C18H25N3O2. The fraction of sp³-hybridized carbons (Fsp3) is 0.500. The maximum absolute atomic E-state index is 5.92. The van der Waals surface area contributed by atoms with Crippen molar-refractivity contribution in [1.29, 1.82) is 0 Å². The molecule has 5 heteroatoms. The Kier molecular flexibility index (Phi) is 4.86. The van der Waals surface area contributed by atoms with Crippen LogP contribution in [-0.4, -0.2) is 41.9 Å². The normalized spacial score (nSPS) is 15.4. The number of methoxy groups -OCH3 is 1. The number of nitrogens with one attached hydrogen (secondary N) is 1. The molecule has 0 saturated heterocycles. The quantitative estimate of drug-likeness (QED) is 0.942. The van der Waals surface area contributed by atoms with Crippen molar-refractivity contribution in [3.8, 4) is 11.5 Å². The van der Waals surface area contributed by atoms with Crippen molar-refractivity contribution in [3.05, 3.63) is 40.7 Å². The number of nitrogens with zero attached hydrogens (tertiary/aromatic N) is 2. The molecule has 0 spiro atoms. The first-order chi connectivity index (χ1) is 11.2. The Bertz CT molecular complexity index is 647. The smallest absolute Gasteiger partial charge is 0.165 e. The van der Waals surface area contributed by atoms with E-state index in [1.165, 1.54) is 16.8 Å². The van der Waals surface area contributed by atoms with Crippen LogP contribution in [0.2, 0.25) is 0 Å². The third-order valence-electron chi connectivity index (χ3n) is 4.50. The van der Waals surface area contributed by atoms with Crippen LogP contribution in [0.4, 0.5) is 0 Å². The zero-order valence-corrected chi connectivity index (χ0v) is 14.2. The fourth-order valence-corrected chi connectivity index (χ4v) is 3.20. The SMILES string of the molecule is COc1cccc2c1OCCCN(CCc1c(C)n[nH]c1C)C2. The topological polar surface area (TPSA) is 50.4 Å². The van der Waals surface area contributed by atoms with Gasteiger partial charge in [-0.25, -0.2) is 0 Å². The predicted molar refractivity (Wildman–Crippen MR) is 90.1 cm³/mol. The lowest BCUT2D eigenvalue weighted by molar-refractivity contribution is 0.202. The first-order valence-electron chi connectivity index (χ1n) is 8.20. The Morgan fingerprint density at radius 2 is 2.22 bits per heavy atom. The zero-order chi connectivity index (χ0) is 16.2. The van der Waals surface area contributed by atoms with E-state index in [0.717, 1.165) is 56.3 Å². The highest BCUT2D eigenvalue weighted by molar-refractivity contribution is 5.46. The van der Waals surface area contributed by atoms with Crippen LogP contribution in [0.5, 0.6) is 11.5 Å². The van der Waals surface area contributed by atoms with Crippen molar-refractivity contribution < 1.29 is 9.47 Å². The van der Waals surface area contributed by atoms with Gasteiger partial charge in [0.05, 0.1) is 19.4 Å². The van der Waals surface area contributed by atoms with Crippen LogP contribution >= 0.6 is 0 Å². The third kappa shape index (κ3) is 3.50. The number of aromatic amines is 1. The molecule has 1 aliphatic heterocycles. The second-order valence-electron chi connectivity index (χ2n) is 6.09. The molecule has 1 aliphatic rings. The van der Waals surface area contributed by atoms with Crippen LogP contribution in [0.25, 0.3) is 0 Å². The molecular weight excluding hydrogens is 290 g/mol. The molecule has 0 amide bonds. The Morgan fingerprint density at radius 1 is 1.35 bits per heavy atom. The molecule has 2 heterocycles. The second kappa shape index (κ2) is 7.04. The lowest BCUT2D eigenvalue weighted by Gasteiger charge is -2.27. The van der Waals surface area contributed by atoms with Gasteiger partial charge in [-0.3, -0.25) is 10.00 Å². The Labute approximate surface area is 137 Å². The van der Waals surface area contributed by atoms with E-state index in [4.69, 9.17) is 9.47 Å². The number of fused-ring (bicyclic) bond motifs is 1. The first-order valence-corrected chi connectivity index (χ1v) is 8.20. The number of hydrogen-bond donors (Lipinski definition) is 1. The van der Waals surface area contributed by atoms with E-state index >= 15 is 0 Å². The van der Waals surface area contributed by atoms with Crippen LogP contribution in [-0.2, 0) is 13.0 Å². The van der Waals surface area contributed by atoms with Crippen molar-refractivity contribution in [3.63, 3.8) is 0 Å². The summed E-state index contributed by atoms with van der Waals surface area (Å²) >= 11 is 0. The standard InChI is InChI=1S/C18H25N3O2/c1-13-16(14(2)20-19-13)8-10-21-9-5-11-23-18-15(12-21)6-4-7-17(18)22-3/h4,6-7H,5,8-12H2,1-3H3,(H,19,20). The van der Waals surface area contributed by atoms with Gasteiger partial charge in [-0.15, -0.1) is 0 Å². The van der Waals surface area contributed by atoms with Gasteiger partial charge in [0.25, 0.3) is 0 Å². The summed E-state index contributed by atoms with van der Waals surface area (Å²) in [4.78, 5) is 2.49. The Balaban J connectivity index is 1.73. The van der Waals surface area contributed by atoms with E-state index < -0.39 is 0 Å². The summed E-state index contributed by atoms with van der Waals surface area (Å²) in [5.74, 6) is 1.72. The molecule has 1 aromatic heterocycles. The lowest BCUT2D eigenvalue weighted by atomic mass is 10.1. The number of aryl methyl sites for hydroxylation is 2. The summed E-state index contributed by atoms with van der Waals surface area (Å²) in [6.07, 6.45) is 2.05. The van der Waals surface area contributed by atoms with Gasteiger partial charge < -0.3 is 9.47 Å². The molecule has 0 unspecified atom stereocenters. The average molecular weight is 315 g/mol. The van der Waals surface area contributed by atoms with E-state index in [2.05, 4.69) is 35.0 Å². The van der Waals surface area contributed by atoms with Crippen molar-refractivity contribution in [1.82, 2.24) is 15.1 Å². The molecule has 0 aliphatic carbocycles. The van der Waals surface area contributed by atoms with E-state index in [1.807, 2.05) is 12.1 Å². The number of rotatable bonds is 4. The maximum atomic E-state index is 5.92. The fourth-order valence-electron chi connectivity index (χ4n) is 3.20. The van der Waals surface area contributed by atoms with Crippen molar-refractivity contribution in [2.45, 2.75) is 33.2 Å². The second-order valence-corrected chi connectivity index (χ2v) is 6.09. The zero-order valence-electron chi connectivity index (χ0n) is 14.2. The highest BCUT2D eigenvalue weighted by Crippen LogP contribution is 2.33. The van der Waals surface area contributed by atoms with Crippen LogP contribution < -0.4 is 9.47 Å². The minimum absolute atomic E-state index is 0.730. The molecule has 124 valence electrons. The van der Waals surface area contributed by atoms with Crippen LogP contribution in [0, 0.1) is 13.8 Å². The molecule has 0 atom stereocenters. The molecule has 0 bridgehead atoms. The van der Waals surface area contributed by atoms with Gasteiger partial charge in [-0.1, -0.05) is 12.1 Å². The predicted octanol–water partition coefficient (Wildman–Crippen LogP) is 2.86. The van der Waals surface area contributed by atoms with Gasteiger partial charge >= 0.3 is 0 Å². The van der Waals surface area contributed by atoms with Gasteiger partial charge in [-0.2, -0.15) is 5.10 Å². The lowest BCUT2D eigenvalue weighted by Crippen LogP contribution is -2.30. The van der Waals surface area contributed by atoms with Crippen molar-refractivity contribution >= 4 is 0 Å². The van der Waals surface area contributed by atoms with Gasteiger partial charge in [0, 0.05) is 30.9 Å². The first kappa shape index (κ1) is 15.9. The van der Waals surface area contributed by atoms with E-state index in [0.29, 0.717) is 0 Å². The van der Waals surface area contributed by atoms with Gasteiger partial charge in [0.2, 0.25) is 0 Å². The average Bonchev–Trinajstić information content (AvgIpc) is 2.85. The Morgan fingerprint density at radius 3 is 2.96 bits per heavy atom. The maximum Gasteiger partial charge on any atom is 0.165 e. The molecule has 23 heavy (non-hydrogen) atoms. The van der Waals surface area contributed by atoms with Crippen molar-refractivity contribution in [2.75, 3.05) is 26.8 Å². The molecule has 3 rings (SSSR count). The molecule has 0 saturated carbocycles. The molecule has 0 fully saturated rings. The summed E-state index contributed by atoms with van der Waals surface area (Å²) in [6.45, 7) is 7.86. The summed E-state index contributed by atoms with van der Waals surface area (Å²) in [6, 6.07) is 6.12. The monoisotopic (exact) mass is 315 g/mol. The molecule has 2 aromatic rings. The third-order valence-corrected chi connectivity index (χ3v) is 4.50. The number of benzene rings is 1. The minimum atomic E-state index is 0.730. The van der Waals surface area contributed by atoms with Crippen LogP contribution in [0.1, 0.15) is 28.9 Å². The molecule has 0 radical (unpaired) electrons. The highest BCUT2D eigenvalue weighted by Gasteiger charge is 2.18. The summed E-state index contributed by atoms with van der Waals surface area (Å²) in [5.41, 5.74) is 4.83. The molecule has 1 aromatic carbocycles. The summed E-state index contributed by atoms with van der Waals surface area (Å²) in [5, 5.41) is 7.36. The highest BCUT2D eigenvalue weighted by atomic mass is 16.5. The van der Waals surface area contributed by atoms with E-state index in [9.17, 15) is 0 Å². The van der Waals surface area contributed by atoms with Crippen LogP contribution in [0.3, 0.4) is 0 Å². The van der Waals surface area contributed by atoms with Gasteiger partial charge in [0.1, 0.15) is 0 Å². The Hall–Kier alpha value is -2.01. The van der Waals surface area contributed by atoms with Crippen LogP contribution in [0.15, 0.2) is 18.2 Å². The molecule has 5 nitrogen and oxygen atoms in total. The summed E-state index contributed by atoms with van der Waals surface area (Å²) in [7, 11) is 1.69. The number of hydrogen-bond acceptors (Lipinski definition) is 4. The minimum Gasteiger partial charge on any atom is -0.493 e.